The lowest BCUT2D eigenvalue weighted by Crippen LogP contribution is -2.67. The summed E-state index contributed by atoms with van der Waals surface area (Å²) in [4.78, 5) is 22.7. The van der Waals surface area contributed by atoms with Gasteiger partial charge in [0.1, 0.15) is 24.4 Å². The molecular formula is C16H28N2O9. The third-order valence-corrected chi connectivity index (χ3v) is 4.72. The molecule has 6 N–H and O–H groups in total. The van der Waals surface area contributed by atoms with Crippen molar-refractivity contribution in [1.82, 2.24) is 10.6 Å². The Bertz CT molecular complexity index is 548. The summed E-state index contributed by atoms with van der Waals surface area (Å²) in [5.74, 6) is -0.805. The van der Waals surface area contributed by atoms with Gasteiger partial charge in [0.2, 0.25) is 11.8 Å². The quantitative estimate of drug-likeness (QED) is 0.291. The summed E-state index contributed by atoms with van der Waals surface area (Å²) < 4.78 is 16.4. The van der Waals surface area contributed by atoms with Gasteiger partial charge in [-0.25, -0.2) is 0 Å². The van der Waals surface area contributed by atoms with Crippen LogP contribution in [0.4, 0.5) is 0 Å². The third-order valence-electron chi connectivity index (χ3n) is 4.72. The monoisotopic (exact) mass is 392 g/mol. The van der Waals surface area contributed by atoms with E-state index in [1.807, 2.05) is 0 Å². The van der Waals surface area contributed by atoms with E-state index in [2.05, 4.69) is 10.6 Å². The zero-order valence-corrected chi connectivity index (χ0v) is 15.6. The molecule has 0 aromatic rings. The second-order valence-electron chi connectivity index (χ2n) is 6.97. The molecule has 0 bridgehead atoms. The fraction of sp³-hybridized carbons (Fsp3) is 0.875. The van der Waals surface area contributed by atoms with Crippen molar-refractivity contribution in [2.24, 2.45) is 0 Å². The lowest BCUT2D eigenvalue weighted by atomic mass is 9.94. The van der Waals surface area contributed by atoms with Crippen LogP contribution in [0.5, 0.6) is 0 Å². The summed E-state index contributed by atoms with van der Waals surface area (Å²) in [7, 11) is 0. The Morgan fingerprint density at radius 1 is 0.815 bits per heavy atom. The van der Waals surface area contributed by atoms with Gasteiger partial charge in [0.05, 0.1) is 24.3 Å². The summed E-state index contributed by atoms with van der Waals surface area (Å²) in [5, 5.41) is 45.8. The maximum Gasteiger partial charge on any atom is 0.217 e. The highest BCUT2D eigenvalue weighted by atomic mass is 16.7. The van der Waals surface area contributed by atoms with E-state index in [0.717, 1.165) is 0 Å². The Morgan fingerprint density at radius 3 is 1.89 bits per heavy atom. The van der Waals surface area contributed by atoms with Crippen molar-refractivity contribution in [2.45, 2.75) is 89.0 Å². The van der Waals surface area contributed by atoms with E-state index in [9.17, 15) is 30.0 Å². The topological polar surface area (TPSA) is 167 Å². The van der Waals surface area contributed by atoms with Gasteiger partial charge in [0, 0.05) is 13.8 Å². The SMILES string of the molecule is CC(=O)N[C@H]1[C@H](O)[C@H](O)[C@@H](O[C@@H]2[C@H](O)[C@H](O)O[C@H](C)[C@H]2NC(C)=O)O[C@@H]1C. The Hall–Kier alpha value is -1.34. The van der Waals surface area contributed by atoms with E-state index >= 15 is 0 Å². The van der Waals surface area contributed by atoms with Gasteiger partial charge in [-0.15, -0.1) is 0 Å². The summed E-state index contributed by atoms with van der Waals surface area (Å²) in [5.41, 5.74) is 0. The van der Waals surface area contributed by atoms with Gasteiger partial charge >= 0.3 is 0 Å². The maximum absolute atomic E-state index is 11.5. The van der Waals surface area contributed by atoms with E-state index < -0.39 is 73.1 Å². The largest absolute Gasteiger partial charge is 0.388 e. The number of aliphatic hydroxyl groups is 4. The second kappa shape index (κ2) is 8.78. The molecule has 2 rings (SSSR count). The minimum atomic E-state index is -1.56. The molecule has 27 heavy (non-hydrogen) atoms. The molecule has 0 unspecified atom stereocenters. The first kappa shape index (κ1) is 22.0. The van der Waals surface area contributed by atoms with E-state index in [1.54, 1.807) is 13.8 Å². The number of hydrogen-bond acceptors (Lipinski definition) is 9. The lowest BCUT2D eigenvalue weighted by molar-refractivity contribution is -0.327. The predicted molar refractivity (Wildman–Crippen MR) is 89.0 cm³/mol. The first-order chi connectivity index (χ1) is 12.5. The second-order valence-corrected chi connectivity index (χ2v) is 6.97. The fourth-order valence-electron chi connectivity index (χ4n) is 3.36. The minimum Gasteiger partial charge on any atom is -0.388 e. The Morgan fingerprint density at radius 2 is 1.33 bits per heavy atom. The van der Waals surface area contributed by atoms with Gasteiger partial charge in [0.25, 0.3) is 0 Å². The average molecular weight is 392 g/mol. The standard InChI is InChI=1S/C16H28N2O9/c1-5-9(17-7(3)19)11(21)12(22)16(26-5)27-14-10(18-8(4)20)6(2)25-15(24)13(14)23/h5-6,9-16,21-24H,1-4H3,(H,17,19)(H,18,20)/t5-,6-,9-,10-,11+,12+,13+,14+,15-,16-/m1/s1. The lowest BCUT2D eigenvalue weighted by Gasteiger charge is -2.46. The van der Waals surface area contributed by atoms with Crippen LogP contribution in [0.3, 0.4) is 0 Å². The van der Waals surface area contributed by atoms with E-state index in [4.69, 9.17) is 14.2 Å². The first-order valence-corrected chi connectivity index (χ1v) is 8.75. The van der Waals surface area contributed by atoms with Gasteiger partial charge in [-0.1, -0.05) is 0 Å². The molecule has 11 nitrogen and oxygen atoms in total. The summed E-state index contributed by atoms with van der Waals surface area (Å²) in [6, 6.07) is -1.69. The zero-order valence-electron chi connectivity index (χ0n) is 15.6. The number of rotatable bonds is 4. The predicted octanol–water partition coefficient (Wildman–Crippen LogP) is -3.05. The van der Waals surface area contributed by atoms with Crippen molar-refractivity contribution in [3.8, 4) is 0 Å². The average Bonchev–Trinajstić information content (AvgIpc) is 2.56. The number of carbonyl (C=O) groups is 2. The molecule has 0 radical (unpaired) electrons. The molecule has 0 aromatic heterocycles. The molecular weight excluding hydrogens is 364 g/mol. The molecule has 2 fully saturated rings. The molecule has 0 spiro atoms. The van der Waals surface area contributed by atoms with Crippen LogP contribution < -0.4 is 10.6 Å². The molecule has 11 heteroatoms. The molecule has 2 amide bonds. The molecule has 2 aliphatic rings. The molecule has 10 atom stereocenters. The van der Waals surface area contributed by atoms with Gasteiger partial charge in [-0.2, -0.15) is 0 Å². The molecule has 156 valence electrons. The Kier molecular flexibility index (Phi) is 7.14. The van der Waals surface area contributed by atoms with Gasteiger partial charge in [0.15, 0.2) is 12.6 Å². The number of aliphatic hydroxyl groups excluding tert-OH is 4. The van der Waals surface area contributed by atoms with Crippen LogP contribution in [0, 0.1) is 0 Å². The number of hydrogen-bond donors (Lipinski definition) is 6. The fourth-order valence-corrected chi connectivity index (χ4v) is 3.36. The van der Waals surface area contributed by atoms with Crippen LogP contribution in [0.25, 0.3) is 0 Å². The van der Waals surface area contributed by atoms with Crippen LogP contribution in [-0.4, -0.2) is 93.5 Å². The number of amides is 2. The van der Waals surface area contributed by atoms with Gasteiger partial charge in [-0.05, 0) is 13.8 Å². The number of nitrogens with one attached hydrogen (secondary N) is 2. The number of carbonyl (C=O) groups excluding carboxylic acids is 2. The highest BCUT2D eigenvalue weighted by Crippen LogP contribution is 2.28. The summed E-state index contributed by atoms with van der Waals surface area (Å²) in [6.07, 6.45) is -9.99. The zero-order chi connectivity index (χ0) is 20.5. The van der Waals surface area contributed by atoms with Gasteiger partial charge < -0.3 is 45.3 Å². The van der Waals surface area contributed by atoms with Gasteiger partial charge in [-0.3, -0.25) is 9.59 Å². The molecule has 2 aliphatic heterocycles. The van der Waals surface area contributed by atoms with Crippen molar-refractivity contribution >= 4 is 11.8 Å². The van der Waals surface area contributed by atoms with Crippen LogP contribution in [0.1, 0.15) is 27.7 Å². The van der Waals surface area contributed by atoms with E-state index in [0.29, 0.717) is 0 Å². The summed E-state index contributed by atoms with van der Waals surface area (Å²) >= 11 is 0. The Labute approximate surface area is 156 Å². The van der Waals surface area contributed by atoms with Crippen molar-refractivity contribution in [3.63, 3.8) is 0 Å². The maximum atomic E-state index is 11.5. The van der Waals surface area contributed by atoms with Crippen molar-refractivity contribution < 1.29 is 44.2 Å². The van der Waals surface area contributed by atoms with Crippen LogP contribution >= 0.6 is 0 Å². The summed E-state index contributed by atoms with van der Waals surface area (Å²) in [6.45, 7) is 5.70. The van der Waals surface area contributed by atoms with E-state index in [1.165, 1.54) is 13.8 Å². The highest BCUT2D eigenvalue weighted by Gasteiger charge is 2.49. The van der Waals surface area contributed by atoms with Crippen molar-refractivity contribution in [3.05, 3.63) is 0 Å². The third kappa shape index (κ3) is 4.93. The smallest absolute Gasteiger partial charge is 0.217 e. The first-order valence-electron chi connectivity index (χ1n) is 8.75. The minimum absolute atomic E-state index is 0.399. The van der Waals surface area contributed by atoms with Crippen LogP contribution in [0.2, 0.25) is 0 Å². The number of ether oxygens (including phenoxy) is 3. The molecule has 2 heterocycles. The highest BCUT2D eigenvalue weighted by molar-refractivity contribution is 5.73. The molecule has 0 aromatic carbocycles. The van der Waals surface area contributed by atoms with E-state index in [-0.39, 0.29) is 0 Å². The van der Waals surface area contributed by atoms with Crippen molar-refractivity contribution in [2.75, 3.05) is 0 Å². The van der Waals surface area contributed by atoms with Crippen molar-refractivity contribution in [1.29, 1.82) is 0 Å². The Balaban J connectivity index is 2.16. The normalized spacial score (nSPS) is 45.2. The van der Waals surface area contributed by atoms with Crippen LogP contribution in [-0.2, 0) is 23.8 Å². The molecule has 2 saturated heterocycles. The molecule has 0 saturated carbocycles. The molecule has 0 aliphatic carbocycles. The van der Waals surface area contributed by atoms with Crippen LogP contribution in [0.15, 0.2) is 0 Å².